The van der Waals surface area contributed by atoms with Crippen LogP contribution in [0, 0.1) is 10.1 Å². The van der Waals surface area contributed by atoms with Crippen molar-refractivity contribution in [3.8, 4) is 17.1 Å². The molecule has 3 aromatic carbocycles. The standard InChI is InChI=1S/C22H13F3N4O4/c23-22(24,25)15-5-3-4-14(11-15)20-27-17-7-2-1-6-16(17)21(31)28(20)26-12-13-8-9-19(30)18(10-13)29(32)33/h1-12,30H. The lowest BCUT2D eigenvalue weighted by molar-refractivity contribution is -0.385. The second-order valence-electron chi connectivity index (χ2n) is 6.90. The molecular weight excluding hydrogens is 441 g/mol. The van der Waals surface area contributed by atoms with Crippen LogP contribution >= 0.6 is 0 Å². The van der Waals surface area contributed by atoms with Gasteiger partial charge in [0.1, 0.15) is 0 Å². The van der Waals surface area contributed by atoms with E-state index in [2.05, 4.69) is 10.1 Å². The number of phenolic OH excluding ortho intramolecular Hbond substituents is 1. The van der Waals surface area contributed by atoms with Crippen LogP contribution in [0.4, 0.5) is 18.9 Å². The Morgan fingerprint density at radius 1 is 1.06 bits per heavy atom. The SMILES string of the molecule is O=c1c2ccccc2nc(-c2cccc(C(F)(F)F)c2)n1N=Cc1ccc(O)c([N+](=O)[O-])c1. The number of rotatable bonds is 4. The average molecular weight is 454 g/mol. The van der Waals surface area contributed by atoms with Gasteiger partial charge >= 0.3 is 11.9 Å². The molecule has 0 saturated carbocycles. The predicted molar refractivity (Wildman–Crippen MR) is 114 cm³/mol. The summed E-state index contributed by atoms with van der Waals surface area (Å²) >= 11 is 0. The lowest BCUT2D eigenvalue weighted by Crippen LogP contribution is -2.20. The van der Waals surface area contributed by atoms with Gasteiger partial charge in [-0.1, -0.05) is 24.3 Å². The van der Waals surface area contributed by atoms with Crippen LogP contribution in [-0.2, 0) is 6.18 Å². The van der Waals surface area contributed by atoms with Gasteiger partial charge in [-0.25, -0.2) is 4.98 Å². The number of hydrogen-bond acceptors (Lipinski definition) is 6. The summed E-state index contributed by atoms with van der Waals surface area (Å²) in [4.78, 5) is 27.7. The van der Waals surface area contributed by atoms with Gasteiger partial charge in [0.05, 0.1) is 27.6 Å². The van der Waals surface area contributed by atoms with Crippen LogP contribution in [0.5, 0.6) is 5.75 Å². The number of phenols is 1. The first-order valence-electron chi connectivity index (χ1n) is 9.36. The molecule has 0 bridgehead atoms. The highest BCUT2D eigenvalue weighted by atomic mass is 19.4. The summed E-state index contributed by atoms with van der Waals surface area (Å²) in [5, 5.41) is 24.9. The minimum Gasteiger partial charge on any atom is -0.502 e. The Hall–Kier alpha value is -4.54. The van der Waals surface area contributed by atoms with Gasteiger partial charge in [0, 0.05) is 17.2 Å². The maximum absolute atomic E-state index is 13.2. The number of aromatic hydroxyl groups is 1. The molecule has 4 rings (SSSR count). The summed E-state index contributed by atoms with van der Waals surface area (Å²) in [7, 11) is 0. The van der Waals surface area contributed by atoms with Crippen molar-refractivity contribution >= 4 is 22.8 Å². The smallest absolute Gasteiger partial charge is 0.416 e. The van der Waals surface area contributed by atoms with E-state index in [4.69, 9.17) is 0 Å². The maximum Gasteiger partial charge on any atom is 0.416 e. The van der Waals surface area contributed by atoms with Crippen molar-refractivity contribution in [2.75, 3.05) is 0 Å². The van der Waals surface area contributed by atoms with Gasteiger partial charge in [-0.2, -0.15) is 22.9 Å². The van der Waals surface area contributed by atoms with Crippen LogP contribution in [0.25, 0.3) is 22.3 Å². The van der Waals surface area contributed by atoms with Gasteiger partial charge in [-0.3, -0.25) is 14.9 Å². The molecule has 1 N–H and O–H groups in total. The van der Waals surface area contributed by atoms with E-state index < -0.39 is 33.7 Å². The first-order chi connectivity index (χ1) is 15.6. The fraction of sp³-hybridized carbons (Fsp3) is 0.0455. The van der Waals surface area contributed by atoms with Gasteiger partial charge in [0.2, 0.25) is 0 Å². The molecule has 0 saturated heterocycles. The number of hydrogen-bond donors (Lipinski definition) is 1. The minimum atomic E-state index is -4.60. The van der Waals surface area contributed by atoms with Crippen molar-refractivity contribution in [1.29, 1.82) is 0 Å². The third-order valence-electron chi connectivity index (χ3n) is 4.72. The lowest BCUT2D eigenvalue weighted by atomic mass is 10.1. The molecule has 33 heavy (non-hydrogen) atoms. The number of fused-ring (bicyclic) bond motifs is 1. The topological polar surface area (TPSA) is 111 Å². The van der Waals surface area contributed by atoms with Crippen molar-refractivity contribution in [3.63, 3.8) is 0 Å². The highest BCUT2D eigenvalue weighted by molar-refractivity contribution is 5.83. The second-order valence-corrected chi connectivity index (χ2v) is 6.90. The Kier molecular flexibility index (Phi) is 5.38. The summed E-state index contributed by atoms with van der Waals surface area (Å²) in [5.74, 6) is -0.694. The number of aromatic nitrogens is 2. The van der Waals surface area contributed by atoms with Crippen molar-refractivity contribution in [1.82, 2.24) is 9.66 Å². The zero-order valence-corrected chi connectivity index (χ0v) is 16.5. The summed E-state index contributed by atoms with van der Waals surface area (Å²) in [6, 6.07) is 14.1. The van der Waals surface area contributed by atoms with E-state index in [1.807, 2.05) is 0 Å². The highest BCUT2D eigenvalue weighted by Gasteiger charge is 2.31. The number of nitro benzene ring substituents is 1. The van der Waals surface area contributed by atoms with Crippen LogP contribution in [0.1, 0.15) is 11.1 Å². The fourth-order valence-corrected chi connectivity index (χ4v) is 3.14. The molecule has 11 heteroatoms. The average Bonchev–Trinajstić information content (AvgIpc) is 2.78. The number of alkyl halides is 3. The van der Waals surface area contributed by atoms with Crippen molar-refractivity contribution in [2.45, 2.75) is 6.18 Å². The first kappa shape index (κ1) is 21.7. The normalized spacial score (nSPS) is 11.8. The number of nitrogens with zero attached hydrogens (tertiary/aromatic N) is 4. The Morgan fingerprint density at radius 2 is 1.82 bits per heavy atom. The number of halogens is 3. The molecule has 0 spiro atoms. The van der Waals surface area contributed by atoms with E-state index in [0.717, 1.165) is 35.2 Å². The van der Waals surface area contributed by atoms with Gasteiger partial charge in [0.15, 0.2) is 11.6 Å². The van der Waals surface area contributed by atoms with E-state index in [-0.39, 0.29) is 27.9 Å². The zero-order chi connectivity index (χ0) is 23.8. The molecule has 0 atom stereocenters. The molecular formula is C22H13F3N4O4. The summed E-state index contributed by atoms with van der Waals surface area (Å²) < 4.78 is 40.5. The van der Waals surface area contributed by atoms with Crippen LogP contribution in [0.15, 0.2) is 76.6 Å². The molecule has 0 aliphatic carbocycles. The first-order valence-corrected chi connectivity index (χ1v) is 9.36. The van der Waals surface area contributed by atoms with Crippen LogP contribution in [-0.4, -0.2) is 25.9 Å². The molecule has 0 radical (unpaired) electrons. The molecule has 4 aromatic rings. The molecule has 166 valence electrons. The zero-order valence-electron chi connectivity index (χ0n) is 16.5. The van der Waals surface area contributed by atoms with E-state index in [1.165, 1.54) is 24.3 Å². The third-order valence-corrected chi connectivity index (χ3v) is 4.72. The minimum absolute atomic E-state index is 0.00140. The van der Waals surface area contributed by atoms with E-state index in [1.54, 1.807) is 18.2 Å². The van der Waals surface area contributed by atoms with Crippen molar-refractivity contribution in [2.24, 2.45) is 5.10 Å². The fourth-order valence-electron chi connectivity index (χ4n) is 3.14. The van der Waals surface area contributed by atoms with E-state index in [9.17, 15) is 33.2 Å². The molecule has 0 unspecified atom stereocenters. The Morgan fingerprint density at radius 3 is 2.55 bits per heavy atom. The quantitative estimate of drug-likeness (QED) is 0.276. The molecule has 0 amide bonds. The maximum atomic E-state index is 13.2. The molecule has 0 fully saturated rings. The largest absolute Gasteiger partial charge is 0.502 e. The third kappa shape index (κ3) is 4.28. The Balaban J connectivity index is 1.92. The van der Waals surface area contributed by atoms with Crippen LogP contribution in [0.3, 0.4) is 0 Å². The molecule has 0 aliphatic heterocycles. The number of para-hydroxylation sites is 1. The molecule has 1 aromatic heterocycles. The summed E-state index contributed by atoms with van der Waals surface area (Å²) in [6.45, 7) is 0. The molecule has 1 heterocycles. The molecule has 0 aliphatic rings. The Labute approximate surface area is 183 Å². The van der Waals surface area contributed by atoms with Crippen molar-refractivity contribution < 1.29 is 23.2 Å². The molecule has 8 nitrogen and oxygen atoms in total. The van der Waals surface area contributed by atoms with Gasteiger partial charge in [-0.15, -0.1) is 0 Å². The van der Waals surface area contributed by atoms with E-state index >= 15 is 0 Å². The van der Waals surface area contributed by atoms with E-state index in [0.29, 0.717) is 0 Å². The lowest BCUT2D eigenvalue weighted by Gasteiger charge is -2.12. The second kappa shape index (κ2) is 8.19. The highest BCUT2D eigenvalue weighted by Crippen LogP contribution is 2.32. The van der Waals surface area contributed by atoms with Gasteiger partial charge in [-0.05, 0) is 36.4 Å². The van der Waals surface area contributed by atoms with Gasteiger partial charge in [0.25, 0.3) is 5.56 Å². The van der Waals surface area contributed by atoms with Crippen LogP contribution < -0.4 is 5.56 Å². The predicted octanol–water partition coefficient (Wildman–Crippen LogP) is 4.58. The summed E-state index contributed by atoms with van der Waals surface area (Å²) in [5.41, 5.74) is -1.69. The summed E-state index contributed by atoms with van der Waals surface area (Å²) in [6.07, 6.45) is -3.49. The number of benzene rings is 3. The van der Waals surface area contributed by atoms with Crippen molar-refractivity contribution in [3.05, 3.63) is 98.3 Å². The van der Waals surface area contributed by atoms with Gasteiger partial charge < -0.3 is 5.11 Å². The number of nitro groups is 1. The Bertz CT molecular complexity index is 1480. The van der Waals surface area contributed by atoms with Crippen LogP contribution in [0.2, 0.25) is 0 Å². The monoisotopic (exact) mass is 454 g/mol.